The van der Waals surface area contributed by atoms with Crippen molar-refractivity contribution in [3.8, 4) is 17.2 Å². The van der Waals surface area contributed by atoms with Crippen molar-refractivity contribution >= 4 is 48.6 Å². The van der Waals surface area contributed by atoms with Crippen LogP contribution in [-0.4, -0.2) is 12.1 Å². The molecule has 0 fully saturated rings. The van der Waals surface area contributed by atoms with Gasteiger partial charge in [0.25, 0.3) is 0 Å². The highest BCUT2D eigenvalue weighted by Crippen LogP contribution is 2.34. The third-order valence-electron chi connectivity index (χ3n) is 2.88. The van der Waals surface area contributed by atoms with Crippen molar-refractivity contribution in [1.82, 2.24) is 4.98 Å². The summed E-state index contributed by atoms with van der Waals surface area (Å²) in [5.41, 5.74) is 8.65. The predicted octanol–water partition coefficient (Wildman–Crippen LogP) is 4.61. The van der Waals surface area contributed by atoms with E-state index in [2.05, 4.69) is 36.8 Å². The summed E-state index contributed by atoms with van der Waals surface area (Å²) in [6, 6.07) is 9.31. The third-order valence-corrected chi connectivity index (χ3v) is 3.96. The lowest BCUT2D eigenvalue weighted by atomic mass is 10.2. The lowest BCUT2D eigenvalue weighted by Crippen LogP contribution is -1.85. The van der Waals surface area contributed by atoms with Crippen LogP contribution in [0.2, 0.25) is 0 Å². The molecule has 1 heterocycles. The summed E-state index contributed by atoms with van der Waals surface area (Å²) >= 11 is 6.84. The summed E-state index contributed by atoms with van der Waals surface area (Å²) in [4.78, 5) is 4.46. The largest absolute Gasteiger partial charge is 0.496 e. The van der Waals surface area contributed by atoms with Crippen molar-refractivity contribution in [1.29, 1.82) is 0 Å². The fourth-order valence-corrected chi connectivity index (χ4v) is 2.95. The zero-order valence-electron chi connectivity index (χ0n) is 10.5. The summed E-state index contributed by atoms with van der Waals surface area (Å²) in [6.07, 6.45) is 0. The summed E-state index contributed by atoms with van der Waals surface area (Å²) in [5, 5.41) is 0. The molecular weight excluding hydrogens is 388 g/mol. The van der Waals surface area contributed by atoms with E-state index in [1.54, 1.807) is 13.2 Å². The van der Waals surface area contributed by atoms with Crippen LogP contribution in [0, 0.1) is 0 Å². The van der Waals surface area contributed by atoms with E-state index in [0.717, 1.165) is 25.8 Å². The Morgan fingerprint density at radius 1 is 1.20 bits per heavy atom. The minimum absolute atomic E-state index is 0.521. The van der Waals surface area contributed by atoms with E-state index in [4.69, 9.17) is 14.9 Å². The first kappa shape index (κ1) is 13.5. The Balaban J connectivity index is 2.15. The van der Waals surface area contributed by atoms with E-state index in [1.165, 1.54) is 0 Å². The maximum Gasteiger partial charge on any atom is 0.227 e. The van der Waals surface area contributed by atoms with Gasteiger partial charge >= 0.3 is 0 Å². The second kappa shape index (κ2) is 5.10. The van der Waals surface area contributed by atoms with Crippen LogP contribution >= 0.6 is 31.9 Å². The number of hydrogen-bond donors (Lipinski definition) is 1. The Morgan fingerprint density at radius 2 is 2.00 bits per heavy atom. The first-order valence-corrected chi connectivity index (χ1v) is 7.36. The molecular formula is C14H10Br2N2O2. The Morgan fingerprint density at radius 3 is 2.70 bits per heavy atom. The molecule has 102 valence electrons. The number of aromatic nitrogens is 1. The molecule has 0 unspecified atom stereocenters. The first-order valence-electron chi connectivity index (χ1n) is 5.78. The van der Waals surface area contributed by atoms with Gasteiger partial charge in [-0.2, -0.15) is 0 Å². The van der Waals surface area contributed by atoms with Crippen molar-refractivity contribution in [2.75, 3.05) is 12.8 Å². The normalized spacial score (nSPS) is 10.9. The average Bonchev–Trinajstić information content (AvgIpc) is 2.82. The number of halogens is 2. The third kappa shape index (κ3) is 2.29. The predicted molar refractivity (Wildman–Crippen MR) is 85.8 cm³/mol. The highest BCUT2D eigenvalue weighted by Gasteiger charge is 2.13. The smallest absolute Gasteiger partial charge is 0.227 e. The second-order valence-corrected chi connectivity index (χ2v) is 5.98. The topological polar surface area (TPSA) is 61.3 Å². The van der Waals surface area contributed by atoms with Gasteiger partial charge in [0, 0.05) is 10.0 Å². The first-order chi connectivity index (χ1) is 9.58. The molecule has 0 bridgehead atoms. The van der Waals surface area contributed by atoms with Gasteiger partial charge in [0.1, 0.15) is 11.3 Å². The summed E-state index contributed by atoms with van der Waals surface area (Å²) in [7, 11) is 1.62. The Kier molecular flexibility index (Phi) is 3.43. The van der Waals surface area contributed by atoms with Gasteiger partial charge < -0.3 is 14.9 Å². The number of nitrogens with two attached hydrogens (primary N) is 1. The van der Waals surface area contributed by atoms with Gasteiger partial charge in [-0.1, -0.05) is 15.9 Å². The molecule has 1 aromatic heterocycles. The van der Waals surface area contributed by atoms with E-state index in [9.17, 15) is 0 Å². The van der Waals surface area contributed by atoms with Crippen LogP contribution in [0.15, 0.2) is 43.7 Å². The Hall–Kier alpha value is -1.53. The molecule has 6 heteroatoms. The summed E-state index contributed by atoms with van der Waals surface area (Å²) < 4.78 is 12.7. The van der Waals surface area contributed by atoms with Crippen LogP contribution in [0.3, 0.4) is 0 Å². The molecule has 0 aliphatic rings. The number of fused-ring (bicyclic) bond motifs is 1. The van der Waals surface area contributed by atoms with Gasteiger partial charge in [-0.05, 0) is 46.3 Å². The van der Waals surface area contributed by atoms with Crippen LogP contribution in [0.4, 0.5) is 5.69 Å². The number of nitrogens with zero attached hydrogens (tertiary/aromatic N) is 1. The molecule has 3 aromatic rings. The maximum atomic E-state index is 5.93. The lowest BCUT2D eigenvalue weighted by molar-refractivity contribution is 0.412. The van der Waals surface area contributed by atoms with Gasteiger partial charge in [0.15, 0.2) is 5.58 Å². The highest BCUT2D eigenvalue weighted by atomic mass is 79.9. The molecule has 0 saturated heterocycles. The van der Waals surface area contributed by atoms with Crippen LogP contribution in [0.5, 0.6) is 5.75 Å². The van der Waals surface area contributed by atoms with E-state index in [1.807, 2.05) is 24.3 Å². The van der Waals surface area contributed by atoms with Crippen molar-refractivity contribution in [2.45, 2.75) is 0 Å². The number of methoxy groups -OCH3 is 1. The molecule has 0 spiro atoms. The minimum Gasteiger partial charge on any atom is -0.496 e. The molecule has 0 radical (unpaired) electrons. The fourth-order valence-electron chi connectivity index (χ4n) is 1.95. The van der Waals surface area contributed by atoms with Crippen LogP contribution in [0.1, 0.15) is 0 Å². The van der Waals surface area contributed by atoms with Gasteiger partial charge in [0.05, 0.1) is 17.3 Å². The lowest BCUT2D eigenvalue weighted by Gasteiger charge is -2.03. The monoisotopic (exact) mass is 396 g/mol. The summed E-state index contributed by atoms with van der Waals surface area (Å²) in [5.74, 6) is 1.28. The van der Waals surface area contributed by atoms with E-state index >= 15 is 0 Å². The number of rotatable bonds is 2. The Bertz CT molecular complexity index is 799. The molecule has 0 saturated carbocycles. The number of benzene rings is 2. The van der Waals surface area contributed by atoms with Gasteiger partial charge in [-0.3, -0.25) is 0 Å². The maximum absolute atomic E-state index is 5.93. The Labute approximate surface area is 132 Å². The van der Waals surface area contributed by atoms with E-state index in [0.29, 0.717) is 17.2 Å². The summed E-state index contributed by atoms with van der Waals surface area (Å²) in [6.45, 7) is 0. The second-order valence-electron chi connectivity index (χ2n) is 4.21. The minimum atomic E-state index is 0.521. The van der Waals surface area contributed by atoms with Crippen molar-refractivity contribution in [3.63, 3.8) is 0 Å². The quantitative estimate of drug-likeness (QED) is 0.641. The van der Waals surface area contributed by atoms with Crippen molar-refractivity contribution < 1.29 is 9.15 Å². The molecule has 20 heavy (non-hydrogen) atoms. The van der Waals surface area contributed by atoms with Crippen molar-refractivity contribution in [2.24, 2.45) is 0 Å². The van der Waals surface area contributed by atoms with Crippen LogP contribution in [0.25, 0.3) is 22.6 Å². The van der Waals surface area contributed by atoms with E-state index in [-0.39, 0.29) is 0 Å². The number of nitrogen functional groups attached to an aromatic ring is 1. The van der Waals surface area contributed by atoms with Crippen LogP contribution < -0.4 is 10.5 Å². The van der Waals surface area contributed by atoms with Gasteiger partial charge in [-0.15, -0.1) is 0 Å². The highest BCUT2D eigenvalue weighted by molar-refractivity contribution is 9.10. The number of hydrogen-bond acceptors (Lipinski definition) is 4. The average molecular weight is 398 g/mol. The van der Waals surface area contributed by atoms with Gasteiger partial charge in [-0.25, -0.2) is 4.98 Å². The molecule has 2 N–H and O–H groups in total. The molecule has 0 aliphatic heterocycles. The zero-order valence-corrected chi connectivity index (χ0v) is 13.7. The molecule has 0 aliphatic carbocycles. The standard InChI is InChI=1S/C14H10Br2N2O2/c1-19-12-3-2-7(4-9(12)16)14-18-11-6-8(15)5-10(17)13(11)20-14/h2-6H,17H2,1H3. The zero-order chi connectivity index (χ0) is 14.3. The fraction of sp³-hybridized carbons (Fsp3) is 0.0714. The molecule has 0 amide bonds. The number of anilines is 1. The molecule has 0 atom stereocenters. The SMILES string of the molecule is COc1ccc(-c2nc3cc(Br)cc(N)c3o2)cc1Br. The molecule has 4 nitrogen and oxygen atoms in total. The number of oxazole rings is 1. The van der Waals surface area contributed by atoms with Crippen molar-refractivity contribution in [3.05, 3.63) is 39.3 Å². The van der Waals surface area contributed by atoms with Crippen LogP contribution in [-0.2, 0) is 0 Å². The van der Waals surface area contributed by atoms with E-state index < -0.39 is 0 Å². The molecule has 3 rings (SSSR count). The van der Waals surface area contributed by atoms with Gasteiger partial charge in [0.2, 0.25) is 5.89 Å². The number of ether oxygens (including phenoxy) is 1. The molecule has 2 aromatic carbocycles.